The third kappa shape index (κ3) is 3.41. The lowest BCUT2D eigenvalue weighted by Gasteiger charge is -2.26. The number of carbonyl (C=O) groups excluding carboxylic acids is 1. The summed E-state index contributed by atoms with van der Waals surface area (Å²) in [6.45, 7) is 2.86. The van der Waals surface area contributed by atoms with Crippen molar-refractivity contribution in [3.05, 3.63) is 65.2 Å². The van der Waals surface area contributed by atoms with Crippen molar-refractivity contribution in [3.63, 3.8) is 0 Å². The monoisotopic (exact) mass is 398 g/mol. The van der Waals surface area contributed by atoms with E-state index in [9.17, 15) is 4.79 Å². The Morgan fingerprint density at radius 1 is 1.21 bits per heavy atom. The van der Waals surface area contributed by atoms with Crippen LogP contribution < -0.4 is 9.47 Å². The fraction of sp³-hybridized carbons (Fsp3) is 0.250. The molecule has 1 amide bonds. The van der Waals surface area contributed by atoms with Crippen LogP contribution >= 0.6 is 11.6 Å². The number of amides is 1. The number of aromatic nitrogens is 3. The van der Waals surface area contributed by atoms with Crippen LogP contribution in [0, 0.1) is 0 Å². The van der Waals surface area contributed by atoms with Gasteiger partial charge in [0.2, 0.25) is 0 Å². The first kappa shape index (κ1) is 18.3. The van der Waals surface area contributed by atoms with Gasteiger partial charge in [-0.2, -0.15) is 5.10 Å². The van der Waals surface area contributed by atoms with Crippen molar-refractivity contribution in [3.8, 4) is 17.2 Å². The molecule has 1 aliphatic rings. The average molecular weight is 399 g/mol. The standard InChI is InChI=1S/C20H19ClN4O3/c1-13(14-3-5-16(6-4-14)25-12-22-11-23-25)24(2)20(26)15-9-17(21)19-18(10-15)27-7-8-28-19/h3-6,9-13H,7-8H2,1-2H3/t13-/m1/s1. The zero-order valence-electron chi connectivity index (χ0n) is 15.5. The number of halogens is 1. The molecular formula is C20H19ClN4O3. The van der Waals surface area contributed by atoms with Gasteiger partial charge in [-0.3, -0.25) is 4.79 Å². The van der Waals surface area contributed by atoms with Crippen molar-refractivity contribution in [2.45, 2.75) is 13.0 Å². The highest BCUT2D eigenvalue weighted by Crippen LogP contribution is 2.39. The molecule has 1 aliphatic heterocycles. The number of rotatable bonds is 4. The van der Waals surface area contributed by atoms with Gasteiger partial charge in [0.1, 0.15) is 25.9 Å². The lowest BCUT2D eigenvalue weighted by molar-refractivity contribution is 0.0741. The summed E-state index contributed by atoms with van der Waals surface area (Å²) in [4.78, 5) is 18.6. The minimum Gasteiger partial charge on any atom is -0.486 e. The van der Waals surface area contributed by atoms with Crippen LogP contribution in [0.4, 0.5) is 0 Å². The summed E-state index contributed by atoms with van der Waals surface area (Å²) in [5.74, 6) is 0.843. The van der Waals surface area contributed by atoms with Crippen LogP contribution in [0.1, 0.15) is 28.9 Å². The summed E-state index contributed by atoms with van der Waals surface area (Å²) in [7, 11) is 1.77. The highest BCUT2D eigenvalue weighted by molar-refractivity contribution is 6.32. The van der Waals surface area contributed by atoms with E-state index in [1.165, 1.54) is 6.33 Å². The molecule has 0 N–H and O–H groups in total. The van der Waals surface area contributed by atoms with Crippen molar-refractivity contribution >= 4 is 17.5 Å². The Morgan fingerprint density at radius 3 is 2.68 bits per heavy atom. The van der Waals surface area contributed by atoms with Gasteiger partial charge < -0.3 is 14.4 Å². The van der Waals surface area contributed by atoms with E-state index in [4.69, 9.17) is 21.1 Å². The lowest BCUT2D eigenvalue weighted by Crippen LogP contribution is -2.30. The molecule has 2 aromatic carbocycles. The smallest absolute Gasteiger partial charge is 0.254 e. The Morgan fingerprint density at radius 2 is 1.96 bits per heavy atom. The normalized spacial score (nSPS) is 13.8. The maximum atomic E-state index is 13.0. The predicted molar refractivity (Wildman–Crippen MR) is 104 cm³/mol. The first-order chi connectivity index (χ1) is 13.5. The summed E-state index contributed by atoms with van der Waals surface area (Å²) in [5.41, 5.74) is 2.37. The SMILES string of the molecule is C[C@H](c1ccc(-n2cncn2)cc1)N(C)C(=O)c1cc(Cl)c2c(c1)OCCO2. The van der Waals surface area contributed by atoms with Crippen LogP contribution in [0.15, 0.2) is 49.1 Å². The third-order valence-electron chi connectivity index (χ3n) is 4.80. The van der Waals surface area contributed by atoms with Crippen molar-refractivity contribution in [1.29, 1.82) is 0 Å². The largest absolute Gasteiger partial charge is 0.486 e. The second-order valence-electron chi connectivity index (χ2n) is 6.51. The topological polar surface area (TPSA) is 69.5 Å². The van der Waals surface area contributed by atoms with Crippen LogP contribution in [0.3, 0.4) is 0 Å². The molecule has 1 aromatic heterocycles. The van der Waals surface area contributed by atoms with Gasteiger partial charge in [0.05, 0.1) is 16.8 Å². The Labute approximate surface area is 167 Å². The number of benzene rings is 2. The van der Waals surface area contributed by atoms with Crippen molar-refractivity contribution < 1.29 is 14.3 Å². The summed E-state index contributed by atoms with van der Waals surface area (Å²) >= 11 is 6.27. The molecule has 0 saturated heterocycles. The first-order valence-corrected chi connectivity index (χ1v) is 9.23. The summed E-state index contributed by atoms with van der Waals surface area (Å²) in [5, 5.41) is 4.49. The van der Waals surface area contributed by atoms with Crippen molar-refractivity contribution in [2.75, 3.05) is 20.3 Å². The molecular weight excluding hydrogens is 380 g/mol. The molecule has 144 valence electrons. The maximum Gasteiger partial charge on any atom is 0.254 e. The third-order valence-corrected chi connectivity index (χ3v) is 5.08. The number of hydrogen-bond acceptors (Lipinski definition) is 5. The Kier molecular flexibility index (Phi) is 4.92. The highest BCUT2D eigenvalue weighted by atomic mass is 35.5. The van der Waals surface area contributed by atoms with Gasteiger partial charge in [0.15, 0.2) is 11.5 Å². The molecule has 0 unspecified atom stereocenters. The van der Waals surface area contributed by atoms with E-state index in [1.54, 1.807) is 35.1 Å². The van der Waals surface area contributed by atoms with Gasteiger partial charge in [-0.25, -0.2) is 9.67 Å². The molecule has 0 aliphatic carbocycles. The molecule has 1 atom stereocenters. The molecule has 7 nitrogen and oxygen atoms in total. The van der Waals surface area contributed by atoms with Crippen LogP contribution in [-0.2, 0) is 0 Å². The van der Waals surface area contributed by atoms with Crippen molar-refractivity contribution in [2.24, 2.45) is 0 Å². The quantitative estimate of drug-likeness (QED) is 0.672. The second kappa shape index (κ2) is 7.52. The average Bonchev–Trinajstić information content (AvgIpc) is 3.27. The summed E-state index contributed by atoms with van der Waals surface area (Å²) in [6.07, 6.45) is 3.13. The number of hydrogen-bond donors (Lipinski definition) is 0. The van der Waals surface area contributed by atoms with Crippen LogP contribution in [-0.4, -0.2) is 45.8 Å². The van der Waals surface area contributed by atoms with E-state index in [2.05, 4.69) is 10.1 Å². The maximum absolute atomic E-state index is 13.0. The van der Waals surface area contributed by atoms with E-state index >= 15 is 0 Å². The number of ether oxygens (including phenoxy) is 2. The molecule has 0 radical (unpaired) electrons. The van der Waals surface area contributed by atoms with Gasteiger partial charge in [-0.15, -0.1) is 0 Å². The van der Waals surface area contributed by atoms with Gasteiger partial charge in [0, 0.05) is 12.6 Å². The fourth-order valence-electron chi connectivity index (χ4n) is 3.08. The van der Waals surface area contributed by atoms with Gasteiger partial charge >= 0.3 is 0 Å². The van der Waals surface area contributed by atoms with E-state index < -0.39 is 0 Å². The zero-order valence-corrected chi connectivity index (χ0v) is 16.3. The van der Waals surface area contributed by atoms with Crippen LogP contribution in [0.5, 0.6) is 11.5 Å². The first-order valence-electron chi connectivity index (χ1n) is 8.86. The molecule has 4 rings (SSSR count). The van der Waals surface area contributed by atoms with E-state index in [0.717, 1.165) is 11.3 Å². The number of nitrogens with zero attached hydrogens (tertiary/aromatic N) is 4. The molecule has 28 heavy (non-hydrogen) atoms. The highest BCUT2D eigenvalue weighted by Gasteiger charge is 2.23. The molecule has 0 fully saturated rings. The molecule has 8 heteroatoms. The fourth-order valence-corrected chi connectivity index (χ4v) is 3.35. The van der Waals surface area contributed by atoms with Gasteiger partial charge in [-0.05, 0) is 36.8 Å². The second-order valence-corrected chi connectivity index (χ2v) is 6.91. The minimum atomic E-state index is -0.147. The molecule has 3 aromatic rings. The zero-order chi connectivity index (χ0) is 19.7. The van der Waals surface area contributed by atoms with Crippen LogP contribution in [0.25, 0.3) is 5.69 Å². The van der Waals surface area contributed by atoms with E-state index in [1.807, 2.05) is 31.2 Å². The van der Waals surface area contributed by atoms with E-state index in [-0.39, 0.29) is 11.9 Å². The Hall–Kier alpha value is -3.06. The Balaban J connectivity index is 1.54. The van der Waals surface area contributed by atoms with Gasteiger partial charge in [-0.1, -0.05) is 23.7 Å². The number of carbonyl (C=O) groups is 1. The lowest BCUT2D eigenvalue weighted by atomic mass is 10.1. The van der Waals surface area contributed by atoms with E-state index in [0.29, 0.717) is 35.3 Å². The van der Waals surface area contributed by atoms with Gasteiger partial charge in [0.25, 0.3) is 5.91 Å². The molecule has 0 spiro atoms. The summed E-state index contributed by atoms with van der Waals surface area (Å²) < 4.78 is 12.8. The van der Waals surface area contributed by atoms with Crippen LogP contribution in [0.2, 0.25) is 5.02 Å². The Bertz CT molecular complexity index is 989. The summed E-state index contributed by atoms with van der Waals surface area (Å²) in [6, 6.07) is 11.0. The number of fused-ring (bicyclic) bond motifs is 1. The molecule has 0 saturated carbocycles. The predicted octanol–water partition coefficient (Wildman–Crippen LogP) is 3.53. The molecule has 2 heterocycles. The van der Waals surface area contributed by atoms with Crippen molar-refractivity contribution in [1.82, 2.24) is 19.7 Å². The minimum absolute atomic E-state index is 0.135. The molecule has 0 bridgehead atoms.